The van der Waals surface area contributed by atoms with E-state index < -0.39 is 0 Å². The molecule has 0 fully saturated rings. The van der Waals surface area contributed by atoms with Crippen LogP contribution < -0.4 is 4.90 Å². The smallest absolute Gasteiger partial charge is 0.259 e. The Hall–Kier alpha value is -3.72. The summed E-state index contributed by atoms with van der Waals surface area (Å²) in [6, 6.07) is 26.4. The van der Waals surface area contributed by atoms with Gasteiger partial charge in [-0.25, -0.2) is 0 Å². The van der Waals surface area contributed by atoms with Crippen LogP contribution in [-0.2, 0) is 11.3 Å². The van der Waals surface area contributed by atoms with Crippen molar-refractivity contribution in [3.8, 4) is 0 Å². The van der Waals surface area contributed by atoms with Crippen molar-refractivity contribution in [1.82, 2.24) is 4.98 Å². The van der Waals surface area contributed by atoms with Crippen molar-refractivity contribution in [1.29, 1.82) is 0 Å². The molecule has 0 N–H and O–H groups in total. The number of anilines is 1. The van der Waals surface area contributed by atoms with E-state index in [0.717, 1.165) is 28.0 Å². The van der Waals surface area contributed by atoms with Gasteiger partial charge in [-0.3, -0.25) is 9.78 Å². The van der Waals surface area contributed by atoms with Gasteiger partial charge in [0.25, 0.3) is 5.91 Å². The molecule has 3 heteroatoms. The zero-order valence-electron chi connectivity index (χ0n) is 15.2. The molecule has 5 rings (SSSR count). The first kappa shape index (κ1) is 16.5. The molecule has 0 aliphatic carbocycles. The molecule has 134 valence electrons. The standard InChI is InChI=1S/C25H18N2O/c28-25-23(16-18-12-14-26-15-13-18)22-10-3-4-11-24(22)27(25)17-20-8-5-7-19-6-1-2-9-21(19)20/h1-16H,17H2/b23-16-. The predicted molar refractivity (Wildman–Crippen MR) is 114 cm³/mol. The first-order valence-corrected chi connectivity index (χ1v) is 9.31. The predicted octanol–water partition coefficient (Wildman–Crippen LogP) is 5.32. The molecule has 0 saturated heterocycles. The fraction of sp³-hybridized carbons (Fsp3) is 0.0400. The number of carbonyl (C=O) groups is 1. The maximum absolute atomic E-state index is 13.3. The van der Waals surface area contributed by atoms with Crippen molar-refractivity contribution in [3.63, 3.8) is 0 Å². The molecule has 2 heterocycles. The third-order valence-corrected chi connectivity index (χ3v) is 5.19. The number of hydrogen-bond donors (Lipinski definition) is 0. The molecular formula is C25H18N2O. The quantitative estimate of drug-likeness (QED) is 0.462. The van der Waals surface area contributed by atoms with Crippen molar-refractivity contribution in [2.45, 2.75) is 6.54 Å². The van der Waals surface area contributed by atoms with E-state index in [1.807, 2.05) is 59.5 Å². The lowest BCUT2D eigenvalue weighted by atomic mass is 10.0. The van der Waals surface area contributed by atoms with E-state index in [0.29, 0.717) is 6.54 Å². The maximum atomic E-state index is 13.3. The highest BCUT2D eigenvalue weighted by Gasteiger charge is 2.32. The van der Waals surface area contributed by atoms with Crippen LogP contribution in [0.25, 0.3) is 22.4 Å². The van der Waals surface area contributed by atoms with E-state index in [2.05, 4.69) is 35.3 Å². The van der Waals surface area contributed by atoms with Crippen LogP contribution in [0.5, 0.6) is 0 Å². The van der Waals surface area contributed by atoms with Gasteiger partial charge in [-0.05, 0) is 46.2 Å². The molecule has 1 amide bonds. The second kappa shape index (κ2) is 6.78. The monoisotopic (exact) mass is 362 g/mol. The minimum Gasteiger partial charge on any atom is -0.303 e. The normalized spacial score (nSPS) is 14.6. The van der Waals surface area contributed by atoms with E-state index >= 15 is 0 Å². The van der Waals surface area contributed by atoms with Crippen LogP contribution in [0, 0.1) is 0 Å². The summed E-state index contributed by atoms with van der Waals surface area (Å²) < 4.78 is 0. The molecule has 4 aromatic rings. The topological polar surface area (TPSA) is 33.2 Å². The Kier molecular flexibility index (Phi) is 3.99. The summed E-state index contributed by atoms with van der Waals surface area (Å²) in [4.78, 5) is 19.3. The summed E-state index contributed by atoms with van der Waals surface area (Å²) in [6.07, 6.45) is 5.43. The average Bonchev–Trinajstić information content (AvgIpc) is 3.01. The fourth-order valence-corrected chi connectivity index (χ4v) is 3.83. The van der Waals surface area contributed by atoms with Gasteiger partial charge in [0.15, 0.2) is 0 Å². The zero-order valence-corrected chi connectivity index (χ0v) is 15.2. The Labute approximate surface area is 163 Å². The summed E-state index contributed by atoms with van der Waals surface area (Å²) >= 11 is 0. The first-order chi connectivity index (χ1) is 13.8. The largest absolute Gasteiger partial charge is 0.303 e. The highest BCUT2D eigenvalue weighted by Crippen LogP contribution is 2.39. The molecular weight excluding hydrogens is 344 g/mol. The Morgan fingerprint density at radius 1 is 0.821 bits per heavy atom. The van der Waals surface area contributed by atoms with Crippen LogP contribution in [-0.4, -0.2) is 10.9 Å². The van der Waals surface area contributed by atoms with Gasteiger partial charge in [-0.1, -0.05) is 60.7 Å². The second-order valence-corrected chi connectivity index (χ2v) is 6.89. The van der Waals surface area contributed by atoms with Crippen molar-refractivity contribution in [3.05, 3.63) is 108 Å². The molecule has 1 aromatic heterocycles. The second-order valence-electron chi connectivity index (χ2n) is 6.89. The van der Waals surface area contributed by atoms with Crippen LogP contribution in [0.1, 0.15) is 16.7 Å². The Morgan fingerprint density at radius 3 is 2.46 bits per heavy atom. The van der Waals surface area contributed by atoms with Crippen molar-refractivity contribution < 1.29 is 4.79 Å². The molecule has 0 radical (unpaired) electrons. The zero-order chi connectivity index (χ0) is 18.9. The Morgan fingerprint density at radius 2 is 1.57 bits per heavy atom. The molecule has 0 bridgehead atoms. The molecule has 0 saturated carbocycles. The number of rotatable bonds is 3. The lowest BCUT2D eigenvalue weighted by Gasteiger charge is -2.18. The van der Waals surface area contributed by atoms with Crippen LogP contribution in [0.2, 0.25) is 0 Å². The lowest BCUT2D eigenvalue weighted by molar-refractivity contribution is -0.113. The van der Waals surface area contributed by atoms with Gasteiger partial charge in [-0.2, -0.15) is 0 Å². The Bertz CT molecular complexity index is 1210. The number of nitrogens with zero attached hydrogens (tertiary/aromatic N) is 2. The molecule has 1 aliphatic heterocycles. The van der Waals surface area contributed by atoms with Crippen molar-refractivity contribution in [2.24, 2.45) is 0 Å². The molecule has 3 nitrogen and oxygen atoms in total. The summed E-state index contributed by atoms with van der Waals surface area (Å²) in [5, 5.41) is 2.37. The average molecular weight is 362 g/mol. The fourth-order valence-electron chi connectivity index (χ4n) is 3.83. The molecule has 3 aromatic carbocycles. The molecule has 0 unspecified atom stereocenters. The van der Waals surface area contributed by atoms with Crippen molar-refractivity contribution in [2.75, 3.05) is 4.90 Å². The molecule has 28 heavy (non-hydrogen) atoms. The number of para-hydroxylation sites is 1. The van der Waals surface area contributed by atoms with E-state index in [1.54, 1.807) is 12.4 Å². The number of amides is 1. The molecule has 0 spiro atoms. The third-order valence-electron chi connectivity index (χ3n) is 5.19. The number of pyridine rings is 1. The van der Waals surface area contributed by atoms with Gasteiger partial charge in [0.1, 0.15) is 0 Å². The Balaban J connectivity index is 1.59. The van der Waals surface area contributed by atoms with Gasteiger partial charge in [0, 0.05) is 23.5 Å². The van der Waals surface area contributed by atoms with Gasteiger partial charge in [-0.15, -0.1) is 0 Å². The lowest BCUT2D eigenvalue weighted by Crippen LogP contribution is -2.25. The van der Waals surface area contributed by atoms with Gasteiger partial charge >= 0.3 is 0 Å². The number of aromatic nitrogens is 1. The van der Waals surface area contributed by atoms with Gasteiger partial charge in [0.05, 0.1) is 12.2 Å². The van der Waals surface area contributed by atoms with Gasteiger partial charge < -0.3 is 4.90 Å². The summed E-state index contributed by atoms with van der Waals surface area (Å²) in [5.41, 5.74) is 4.78. The highest BCUT2D eigenvalue weighted by molar-refractivity contribution is 6.35. The minimum absolute atomic E-state index is 0.0333. The number of benzene rings is 3. The van der Waals surface area contributed by atoms with Crippen LogP contribution >= 0.6 is 0 Å². The summed E-state index contributed by atoms with van der Waals surface area (Å²) in [6.45, 7) is 0.547. The van der Waals surface area contributed by atoms with E-state index in [4.69, 9.17) is 0 Å². The SMILES string of the molecule is O=C1/C(=C\c2ccncc2)c2ccccc2N1Cc1cccc2ccccc12. The highest BCUT2D eigenvalue weighted by atomic mass is 16.2. The van der Waals surface area contributed by atoms with Crippen molar-refractivity contribution >= 4 is 34.0 Å². The summed E-state index contributed by atoms with van der Waals surface area (Å²) in [5.74, 6) is 0.0333. The van der Waals surface area contributed by atoms with Crippen LogP contribution in [0.15, 0.2) is 91.3 Å². The third kappa shape index (κ3) is 2.78. The number of hydrogen-bond acceptors (Lipinski definition) is 2. The maximum Gasteiger partial charge on any atom is 0.259 e. The first-order valence-electron chi connectivity index (χ1n) is 9.31. The van der Waals surface area contributed by atoms with E-state index in [1.165, 1.54) is 10.8 Å². The number of carbonyl (C=O) groups excluding carboxylic acids is 1. The minimum atomic E-state index is 0.0333. The van der Waals surface area contributed by atoms with E-state index in [9.17, 15) is 4.79 Å². The van der Waals surface area contributed by atoms with Crippen LogP contribution in [0.4, 0.5) is 5.69 Å². The van der Waals surface area contributed by atoms with Crippen LogP contribution in [0.3, 0.4) is 0 Å². The molecule has 1 aliphatic rings. The van der Waals surface area contributed by atoms with Gasteiger partial charge in [0.2, 0.25) is 0 Å². The number of fused-ring (bicyclic) bond motifs is 2. The summed E-state index contributed by atoms with van der Waals surface area (Å²) in [7, 11) is 0. The van der Waals surface area contributed by atoms with E-state index in [-0.39, 0.29) is 5.91 Å². The molecule has 0 atom stereocenters.